The number of nitrogens with one attached hydrogen (secondary N) is 1. The number of benzene rings is 1. The lowest BCUT2D eigenvalue weighted by molar-refractivity contribution is -0.137. The Kier molecular flexibility index (Phi) is 6.63. The molecule has 21 heavy (non-hydrogen) atoms. The van der Waals surface area contributed by atoms with E-state index in [0.29, 0.717) is 16.6 Å². The molecule has 1 rings (SSSR count). The maximum Gasteiger partial charge on any atom is 0.303 e. The van der Waals surface area contributed by atoms with Gasteiger partial charge in [-0.2, -0.15) is 0 Å². The molecule has 1 aromatic rings. The minimum absolute atomic E-state index is 0.0248. The van der Waals surface area contributed by atoms with Gasteiger partial charge in [0.2, 0.25) is 10.0 Å². The van der Waals surface area contributed by atoms with Gasteiger partial charge in [-0.3, -0.25) is 4.79 Å². The largest absolute Gasteiger partial charge is 0.496 e. The van der Waals surface area contributed by atoms with Gasteiger partial charge in [-0.15, -0.1) is 0 Å². The zero-order chi connectivity index (χ0) is 16.0. The van der Waals surface area contributed by atoms with E-state index in [1.54, 1.807) is 13.0 Å². The monoisotopic (exact) mass is 379 g/mol. The van der Waals surface area contributed by atoms with E-state index in [2.05, 4.69) is 20.7 Å². The van der Waals surface area contributed by atoms with Crippen LogP contribution in [0.15, 0.2) is 27.6 Å². The molecule has 0 spiro atoms. The lowest BCUT2D eigenvalue weighted by atomic mass is 10.1. The first-order valence-electron chi connectivity index (χ1n) is 6.31. The molecular weight excluding hydrogens is 362 g/mol. The fourth-order valence-electron chi connectivity index (χ4n) is 1.62. The van der Waals surface area contributed by atoms with Crippen LogP contribution in [0.3, 0.4) is 0 Å². The predicted molar refractivity (Wildman–Crippen MR) is 81.9 cm³/mol. The zero-order valence-corrected chi connectivity index (χ0v) is 14.2. The third kappa shape index (κ3) is 5.64. The highest BCUT2D eigenvalue weighted by atomic mass is 79.9. The Morgan fingerprint density at radius 1 is 1.48 bits per heavy atom. The van der Waals surface area contributed by atoms with E-state index in [1.807, 2.05) is 0 Å². The van der Waals surface area contributed by atoms with Crippen molar-refractivity contribution in [2.75, 3.05) is 13.7 Å². The van der Waals surface area contributed by atoms with Crippen LogP contribution < -0.4 is 9.46 Å². The van der Waals surface area contributed by atoms with Crippen molar-refractivity contribution >= 4 is 31.9 Å². The van der Waals surface area contributed by atoms with E-state index >= 15 is 0 Å². The summed E-state index contributed by atoms with van der Waals surface area (Å²) in [5.41, 5.74) is 0. The van der Waals surface area contributed by atoms with Gasteiger partial charge >= 0.3 is 5.97 Å². The second-order valence-electron chi connectivity index (χ2n) is 4.69. The van der Waals surface area contributed by atoms with Gasteiger partial charge in [-0.05, 0) is 46.5 Å². The van der Waals surface area contributed by atoms with Crippen molar-refractivity contribution in [3.63, 3.8) is 0 Å². The third-order valence-corrected chi connectivity index (χ3v) is 4.95. The summed E-state index contributed by atoms with van der Waals surface area (Å²) in [7, 11) is -2.13. The minimum Gasteiger partial charge on any atom is -0.496 e. The summed E-state index contributed by atoms with van der Waals surface area (Å²) in [5, 5.41) is 8.59. The van der Waals surface area contributed by atoms with Crippen LogP contribution in [0.5, 0.6) is 5.75 Å². The van der Waals surface area contributed by atoms with Crippen LogP contribution in [-0.4, -0.2) is 33.1 Å². The molecule has 1 unspecified atom stereocenters. The summed E-state index contributed by atoms with van der Waals surface area (Å²) < 4.78 is 32.4. The van der Waals surface area contributed by atoms with Crippen molar-refractivity contribution < 1.29 is 23.1 Å². The summed E-state index contributed by atoms with van der Waals surface area (Å²) in [6, 6.07) is 4.48. The summed E-state index contributed by atoms with van der Waals surface area (Å²) in [4.78, 5) is 10.6. The molecule has 0 bridgehead atoms. The van der Waals surface area contributed by atoms with Crippen LogP contribution >= 0.6 is 15.9 Å². The SMILES string of the molecule is COc1ccc(S(=O)(=O)NCC(C)CCC(=O)O)cc1Br. The zero-order valence-electron chi connectivity index (χ0n) is 11.8. The Morgan fingerprint density at radius 2 is 2.14 bits per heavy atom. The summed E-state index contributed by atoms with van der Waals surface area (Å²) in [6.45, 7) is 1.99. The second kappa shape index (κ2) is 7.77. The van der Waals surface area contributed by atoms with E-state index in [4.69, 9.17) is 9.84 Å². The molecule has 0 aromatic heterocycles. The number of aliphatic carboxylic acids is 1. The summed E-state index contributed by atoms with van der Waals surface area (Å²) >= 11 is 3.24. The van der Waals surface area contributed by atoms with E-state index in [-0.39, 0.29) is 23.8 Å². The van der Waals surface area contributed by atoms with Crippen molar-refractivity contribution in [2.24, 2.45) is 5.92 Å². The molecule has 6 nitrogen and oxygen atoms in total. The highest BCUT2D eigenvalue weighted by Gasteiger charge is 2.17. The first-order valence-corrected chi connectivity index (χ1v) is 8.59. The molecule has 0 aliphatic rings. The molecule has 8 heteroatoms. The third-order valence-electron chi connectivity index (χ3n) is 2.91. The fraction of sp³-hybridized carbons (Fsp3) is 0.462. The van der Waals surface area contributed by atoms with Crippen molar-refractivity contribution in [2.45, 2.75) is 24.7 Å². The standard InChI is InChI=1S/C13H18BrNO5S/c1-9(3-6-13(16)17)8-15-21(18,19)10-4-5-12(20-2)11(14)7-10/h4-5,7,9,15H,3,6,8H2,1-2H3,(H,16,17). The molecule has 0 fully saturated rings. The van der Waals surface area contributed by atoms with Crippen molar-refractivity contribution in [1.29, 1.82) is 0 Å². The molecule has 0 aliphatic heterocycles. The number of sulfonamides is 1. The van der Waals surface area contributed by atoms with Crippen LogP contribution in [0.2, 0.25) is 0 Å². The predicted octanol–water partition coefficient (Wildman–Crippen LogP) is 2.24. The lowest BCUT2D eigenvalue weighted by Gasteiger charge is -2.13. The van der Waals surface area contributed by atoms with Crippen molar-refractivity contribution in [1.82, 2.24) is 4.72 Å². The number of methoxy groups -OCH3 is 1. The average molecular weight is 380 g/mol. The Morgan fingerprint density at radius 3 is 2.67 bits per heavy atom. The summed E-state index contributed by atoms with van der Waals surface area (Å²) in [5.74, 6) is -0.398. The smallest absolute Gasteiger partial charge is 0.303 e. The molecule has 0 saturated heterocycles. The highest BCUT2D eigenvalue weighted by molar-refractivity contribution is 9.10. The normalized spacial score (nSPS) is 12.9. The fourth-order valence-corrected chi connectivity index (χ4v) is 3.50. The number of halogens is 1. The number of carboxylic acid groups (broad SMARTS) is 1. The molecule has 0 heterocycles. The van der Waals surface area contributed by atoms with Crippen LogP contribution in [0.1, 0.15) is 19.8 Å². The minimum atomic E-state index is -3.62. The number of rotatable bonds is 8. The number of carboxylic acids is 1. The molecule has 0 radical (unpaired) electrons. The Bertz CT molecular complexity index is 603. The Hall–Kier alpha value is -1.12. The van der Waals surface area contributed by atoms with Gasteiger partial charge < -0.3 is 9.84 Å². The first kappa shape index (κ1) is 17.9. The van der Waals surface area contributed by atoms with Gasteiger partial charge in [0.15, 0.2) is 0 Å². The van der Waals surface area contributed by atoms with Gasteiger partial charge in [0, 0.05) is 13.0 Å². The second-order valence-corrected chi connectivity index (χ2v) is 7.31. The molecule has 0 aliphatic carbocycles. The van der Waals surface area contributed by atoms with Crippen molar-refractivity contribution in [3.8, 4) is 5.75 Å². The Labute approximate surface area is 132 Å². The van der Waals surface area contributed by atoms with Gasteiger partial charge in [0.1, 0.15) is 5.75 Å². The maximum atomic E-state index is 12.1. The lowest BCUT2D eigenvalue weighted by Crippen LogP contribution is -2.28. The quantitative estimate of drug-likeness (QED) is 0.722. The molecule has 0 amide bonds. The van der Waals surface area contributed by atoms with Crippen LogP contribution in [0.4, 0.5) is 0 Å². The number of hydrogen-bond acceptors (Lipinski definition) is 4. The van der Waals surface area contributed by atoms with Crippen LogP contribution in [-0.2, 0) is 14.8 Å². The van der Waals surface area contributed by atoms with Crippen LogP contribution in [0.25, 0.3) is 0 Å². The maximum absolute atomic E-state index is 12.1. The number of hydrogen-bond donors (Lipinski definition) is 2. The van der Waals surface area contributed by atoms with Gasteiger partial charge in [0.05, 0.1) is 16.5 Å². The molecule has 1 aromatic carbocycles. The number of ether oxygens (including phenoxy) is 1. The molecular formula is C13H18BrNO5S. The number of carbonyl (C=O) groups is 1. The van der Waals surface area contributed by atoms with Gasteiger partial charge in [-0.25, -0.2) is 13.1 Å². The molecule has 1 atom stereocenters. The van der Waals surface area contributed by atoms with E-state index in [9.17, 15) is 13.2 Å². The highest BCUT2D eigenvalue weighted by Crippen LogP contribution is 2.27. The van der Waals surface area contributed by atoms with E-state index in [1.165, 1.54) is 19.2 Å². The Balaban J connectivity index is 2.69. The topological polar surface area (TPSA) is 92.7 Å². The van der Waals surface area contributed by atoms with Gasteiger partial charge in [-0.1, -0.05) is 6.92 Å². The molecule has 0 saturated carbocycles. The molecule has 118 valence electrons. The van der Waals surface area contributed by atoms with E-state index in [0.717, 1.165) is 0 Å². The average Bonchev–Trinajstić information content (AvgIpc) is 2.42. The summed E-state index contributed by atoms with van der Waals surface area (Å²) in [6.07, 6.45) is 0.446. The first-order chi connectivity index (χ1) is 9.76. The van der Waals surface area contributed by atoms with Crippen LogP contribution in [0, 0.1) is 5.92 Å². The van der Waals surface area contributed by atoms with E-state index < -0.39 is 16.0 Å². The van der Waals surface area contributed by atoms with Gasteiger partial charge in [0.25, 0.3) is 0 Å². The molecule has 2 N–H and O–H groups in total. The van der Waals surface area contributed by atoms with Crippen molar-refractivity contribution in [3.05, 3.63) is 22.7 Å².